The van der Waals surface area contributed by atoms with Crippen LogP contribution in [-0.2, 0) is 19.2 Å². The van der Waals surface area contributed by atoms with Crippen molar-refractivity contribution in [2.45, 2.75) is 24.9 Å². The number of ether oxygens (including phenoxy) is 1. The van der Waals surface area contributed by atoms with Crippen molar-refractivity contribution in [2.75, 3.05) is 13.7 Å². The Labute approximate surface area is 129 Å². The number of rotatable bonds is 4. The molecule has 2 heterocycles. The molecule has 1 aliphatic heterocycles. The van der Waals surface area contributed by atoms with Crippen LogP contribution in [0.2, 0.25) is 0 Å². The molecule has 1 saturated heterocycles. The SMILES string of the molecule is CNC(=O)C(=O)NOC[C@H]1O[C@@H](n2ccc(=O)[nH]c2=O)C[C@@H]1O. The molecule has 0 aromatic carbocycles. The van der Waals surface area contributed by atoms with Gasteiger partial charge < -0.3 is 15.2 Å². The Kier molecular flexibility index (Phi) is 5.26. The number of nitrogens with one attached hydrogen (secondary N) is 3. The molecule has 4 N–H and O–H groups in total. The van der Waals surface area contributed by atoms with Gasteiger partial charge in [0.1, 0.15) is 18.9 Å². The second-order valence-electron chi connectivity index (χ2n) is 4.77. The summed E-state index contributed by atoms with van der Waals surface area (Å²) in [6.07, 6.45) is -1.18. The fraction of sp³-hybridized carbons (Fsp3) is 0.500. The number of aliphatic hydroxyl groups excluding tert-OH is 1. The molecular weight excluding hydrogens is 312 g/mol. The van der Waals surface area contributed by atoms with Gasteiger partial charge in [-0.3, -0.25) is 28.8 Å². The molecule has 11 heteroatoms. The number of aromatic amines is 1. The minimum absolute atomic E-state index is 0.101. The molecule has 0 saturated carbocycles. The van der Waals surface area contributed by atoms with Gasteiger partial charge >= 0.3 is 17.5 Å². The molecule has 0 radical (unpaired) electrons. The van der Waals surface area contributed by atoms with E-state index in [2.05, 4.69) is 10.3 Å². The van der Waals surface area contributed by atoms with Crippen molar-refractivity contribution in [2.24, 2.45) is 0 Å². The molecular formula is C12H16N4O7. The van der Waals surface area contributed by atoms with Gasteiger partial charge in [0.15, 0.2) is 0 Å². The number of aliphatic hydroxyl groups is 1. The van der Waals surface area contributed by atoms with E-state index < -0.39 is 41.5 Å². The molecule has 0 unspecified atom stereocenters. The van der Waals surface area contributed by atoms with Gasteiger partial charge in [0, 0.05) is 25.7 Å². The Morgan fingerprint density at radius 2 is 2.22 bits per heavy atom. The van der Waals surface area contributed by atoms with E-state index in [1.54, 1.807) is 0 Å². The van der Waals surface area contributed by atoms with Crippen molar-refractivity contribution in [1.82, 2.24) is 20.3 Å². The third-order valence-corrected chi connectivity index (χ3v) is 3.21. The molecule has 2 amide bonds. The van der Waals surface area contributed by atoms with Crippen LogP contribution in [0.5, 0.6) is 0 Å². The lowest BCUT2D eigenvalue weighted by molar-refractivity contribution is -0.150. The van der Waals surface area contributed by atoms with E-state index in [4.69, 9.17) is 9.57 Å². The van der Waals surface area contributed by atoms with Gasteiger partial charge in [-0.15, -0.1) is 0 Å². The maximum Gasteiger partial charge on any atom is 0.332 e. The van der Waals surface area contributed by atoms with Crippen LogP contribution in [0.15, 0.2) is 21.9 Å². The molecule has 0 bridgehead atoms. The van der Waals surface area contributed by atoms with Gasteiger partial charge in [-0.05, 0) is 0 Å². The second kappa shape index (κ2) is 7.17. The molecule has 1 fully saturated rings. The van der Waals surface area contributed by atoms with Gasteiger partial charge in [-0.1, -0.05) is 0 Å². The summed E-state index contributed by atoms with van der Waals surface area (Å²) < 4.78 is 6.60. The summed E-state index contributed by atoms with van der Waals surface area (Å²) in [5.41, 5.74) is 0.693. The number of likely N-dealkylation sites (N-methyl/N-ethyl adjacent to an activating group) is 1. The number of carbonyl (C=O) groups excluding carboxylic acids is 2. The fourth-order valence-corrected chi connectivity index (χ4v) is 2.04. The predicted octanol–water partition coefficient (Wildman–Crippen LogP) is -3.02. The maximum atomic E-state index is 11.7. The van der Waals surface area contributed by atoms with E-state index in [0.717, 1.165) is 10.6 Å². The normalized spacial score (nSPS) is 23.5. The first-order valence-electron chi connectivity index (χ1n) is 6.71. The minimum Gasteiger partial charge on any atom is -0.390 e. The zero-order valence-electron chi connectivity index (χ0n) is 12.1. The number of nitrogens with zero attached hydrogens (tertiary/aromatic N) is 1. The smallest absolute Gasteiger partial charge is 0.332 e. The Morgan fingerprint density at radius 3 is 2.87 bits per heavy atom. The number of hydrogen-bond acceptors (Lipinski definition) is 7. The average molecular weight is 328 g/mol. The maximum absolute atomic E-state index is 11.7. The third kappa shape index (κ3) is 4.03. The van der Waals surface area contributed by atoms with Crippen LogP contribution < -0.4 is 22.0 Å². The van der Waals surface area contributed by atoms with Crippen LogP contribution in [0, 0.1) is 0 Å². The summed E-state index contributed by atoms with van der Waals surface area (Å²) in [5, 5.41) is 12.0. The lowest BCUT2D eigenvalue weighted by atomic mass is 10.2. The van der Waals surface area contributed by atoms with Gasteiger partial charge in [-0.2, -0.15) is 0 Å². The summed E-state index contributed by atoms with van der Waals surface area (Å²) in [6, 6.07) is 1.16. The van der Waals surface area contributed by atoms with Gasteiger partial charge in [0.05, 0.1) is 6.10 Å². The number of amides is 2. The van der Waals surface area contributed by atoms with Crippen molar-refractivity contribution in [1.29, 1.82) is 0 Å². The first-order valence-corrected chi connectivity index (χ1v) is 6.71. The number of H-pyrrole nitrogens is 1. The molecule has 3 atom stereocenters. The molecule has 1 aliphatic rings. The van der Waals surface area contributed by atoms with Crippen molar-refractivity contribution in [3.05, 3.63) is 33.1 Å². The predicted molar refractivity (Wildman–Crippen MR) is 74.0 cm³/mol. The highest BCUT2D eigenvalue weighted by molar-refractivity contribution is 6.34. The molecule has 1 aromatic heterocycles. The van der Waals surface area contributed by atoms with Gasteiger partial charge in [0.2, 0.25) is 0 Å². The summed E-state index contributed by atoms with van der Waals surface area (Å²) in [7, 11) is 1.29. The van der Waals surface area contributed by atoms with Crippen LogP contribution in [0.3, 0.4) is 0 Å². The molecule has 0 aliphatic carbocycles. The highest BCUT2D eigenvalue weighted by Gasteiger charge is 2.35. The lowest BCUT2D eigenvalue weighted by Crippen LogP contribution is -2.40. The van der Waals surface area contributed by atoms with E-state index in [1.807, 2.05) is 5.48 Å². The van der Waals surface area contributed by atoms with Crippen LogP contribution in [0.4, 0.5) is 0 Å². The molecule has 23 heavy (non-hydrogen) atoms. The van der Waals surface area contributed by atoms with Crippen LogP contribution in [0.25, 0.3) is 0 Å². The largest absolute Gasteiger partial charge is 0.390 e. The van der Waals surface area contributed by atoms with Crippen LogP contribution in [0.1, 0.15) is 12.6 Å². The van der Waals surface area contributed by atoms with Crippen molar-refractivity contribution in [3.63, 3.8) is 0 Å². The van der Waals surface area contributed by atoms with E-state index in [1.165, 1.54) is 13.2 Å². The zero-order chi connectivity index (χ0) is 17.0. The molecule has 1 aromatic rings. The zero-order valence-corrected chi connectivity index (χ0v) is 12.1. The number of carbonyl (C=O) groups is 2. The average Bonchev–Trinajstić information content (AvgIpc) is 2.87. The quantitative estimate of drug-likeness (QED) is 0.339. The Morgan fingerprint density at radius 1 is 1.48 bits per heavy atom. The summed E-state index contributed by atoms with van der Waals surface area (Å²) in [5.74, 6) is -1.87. The number of aromatic nitrogens is 2. The van der Waals surface area contributed by atoms with Crippen molar-refractivity contribution < 1.29 is 24.3 Å². The van der Waals surface area contributed by atoms with E-state index in [-0.39, 0.29) is 13.0 Å². The molecule has 0 spiro atoms. The van der Waals surface area contributed by atoms with Crippen LogP contribution >= 0.6 is 0 Å². The van der Waals surface area contributed by atoms with E-state index in [9.17, 15) is 24.3 Å². The second-order valence-corrected chi connectivity index (χ2v) is 4.77. The number of hydroxylamine groups is 1. The fourth-order valence-electron chi connectivity index (χ4n) is 2.04. The first-order chi connectivity index (χ1) is 10.9. The lowest BCUT2D eigenvalue weighted by Gasteiger charge is -2.15. The minimum atomic E-state index is -0.992. The highest BCUT2D eigenvalue weighted by atomic mass is 16.7. The van der Waals surface area contributed by atoms with Crippen LogP contribution in [-0.4, -0.2) is 52.3 Å². The van der Waals surface area contributed by atoms with Gasteiger partial charge in [-0.25, -0.2) is 10.3 Å². The van der Waals surface area contributed by atoms with E-state index >= 15 is 0 Å². The Balaban J connectivity index is 1.91. The van der Waals surface area contributed by atoms with Crippen molar-refractivity contribution >= 4 is 11.8 Å². The third-order valence-electron chi connectivity index (χ3n) is 3.21. The Hall–Kier alpha value is -2.50. The van der Waals surface area contributed by atoms with Crippen molar-refractivity contribution in [3.8, 4) is 0 Å². The summed E-state index contributed by atoms with van der Waals surface area (Å²) >= 11 is 0. The summed E-state index contributed by atoms with van der Waals surface area (Å²) in [4.78, 5) is 51.7. The molecule has 11 nitrogen and oxygen atoms in total. The molecule has 2 rings (SSSR count). The highest BCUT2D eigenvalue weighted by Crippen LogP contribution is 2.27. The number of hydrogen-bond donors (Lipinski definition) is 4. The summed E-state index contributed by atoms with van der Waals surface area (Å²) in [6.45, 7) is -0.224. The van der Waals surface area contributed by atoms with Gasteiger partial charge in [0.25, 0.3) is 5.56 Å². The Bertz CT molecular complexity index is 697. The first kappa shape index (κ1) is 16.9. The van der Waals surface area contributed by atoms with E-state index in [0.29, 0.717) is 0 Å². The standard InChI is InChI=1S/C12H16N4O7/c1-13-10(19)11(20)15-22-5-7-6(17)4-9(23-7)16-3-2-8(18)14-12(16)21/h2-3,6-7,9,17H,4-5H2,1H3,(H,13,19)(H,15,20)(H,14,18,21)/t6-,7+,9+/m0/s1. The topological polar surface area (TPSA) is 152 Å². The molecule has 126 valence electrons. The monoisotopic (exact) mass is 328 g/mol.